The van der Waals surface area contributed by atoms with E-state index in [4.69, 9.17) is 4.74 Å². The Morgan fingerprint density at radius 1 is 0.909 bits per heavy atom. The molecule has 2 aromatic carbocycles. The SMILES string of the molecule is O=C(c1ccc(OCc2ccccn2)cc1)N1CCN(Cc2ccc(C(F)(F)F)cc2)CC1. The molecule has 8 heteroatoms. The van der Waals surface area contributed by atoms with E-state index in [1.54, 1.807) is 35.4 Å². The van der Waals surface area contributed by atoms with Crippen molar-refractivity contribution in [1.29, 1.82) is 0 Å². The highest BCUT2D eigenvalue weighted by molar-refractivity contribution is 5.94. The average Bonchev–Trinajstić information content (AvgIpc) is 2.84. The molecule has 0 N–H and O–H groups in total. The van der Waals surface area contributed by atoms with Crippen LogP contribution in [-0.4, -0.2) is 46.9 Å². The quantitative estimate of drug-likeness (QED) is 0.544. The molecule has 0 unspecified atom stereocenters. The van der Waals surface area contributed by atoms with Crippen LogP contribution in [0.2, 0.25) is 0 Å². The summed E-state index contributed by atoms with van der Waals surface area (Å²) in [4.78, 5) is 21.0. The summed E-state index contributed by atoms with van der Waals surface area (Å²) in [6.45, 7) is 3.38. The second-order valence-electron chi connectivity index (χ2n) is 7.90. The van der Waals surface area contributed by atoms with Gasteiger partial charge in [0.1, 0.15) is 12.4 Å². The Bertz CT molecular complexity index is 1050. The number of nitrogens with zero attached hydrogens (tertiary/aromatic N) is 3. The van der Waals surface area contributed by atoms with Gasteiger partial charge in [0.15, 0.2) is 0 Å². The summed E-state index contributed by atoms with van der Waals surface area (Å²) in [6.07, 6.45) is -2.61. The summed E-state index contributed by atoms with van der Waals surface area (Å²) in [6, 6.07) is 17.9. The molecule has 1 saturated heterocycles. The van der Waals surface area contributed by atoms with E-state index < -0.39 is 11.7 Å². The number of carbonyl (C=O) groups is 1. The minimum Gasteiger partial charge on any atom is -0.487 e. The van der Waals surface area contributed by atoms with Crippen LogP contribution >= 0.6 is 0 Å². The van der Waals surface area contributed by atoms with Crippen molar-refractivity contribution < 1.29 is 22.7 Å². The summed E-state index contributed by atoms with van der Waals surface area (Å²) in [5.74, 6) is 0.624. The minimum atomic E-state index is -4.33. The van der Waals surface area contributed by atoms with Crippen LogP contribution in [0.1, 0.15) is 27.2 Å². The minimum absolute atomic E-state index is 0.0412. The van der Waals surface area contributed by atoms with Gasteiger partial charge in [-0.25, -0.2) is 0 Å². The molecule has 5 nitrogen and oxygen atoms in total. The highest BCUT2D eigenvalue weighted by atomic mass is 19.4. The molecule has 2 heterocycles. The first-order valence-electron chi connectivity index (χ1n) is 10.7. The molecule has 0 atom stereocenters. The monoisotopic (exact) mass is 455 g/mol. The van der Waals surface area contributed by atoms with E-state index in [0.29, 0.717) is 50.6 Å². The lowest BCUT2D eigenvalue weighted by Gasteiger charge is -2.34. The Morgan fingerprint density at radius 3 is 2.21 bits per heavy atom. The van der Waals surface area contributed by atoms with Crippen molar-refractivity contribution in [2.45, 2.75) is 19.3 Å². The van der Waals surface area contributed by atoms with E-state index >= 15 is 0 Å². The first kappa shape index (κ1) is 22.8. The number of benzene rings is 2. The summed E-state index contributed by atoms with van der Waals surface area (Å²) in [5, 5.41) is 0. The third kappa shape index (κ3) is 6.10. The normalized spacial score (nSPS) is 14.8. The fourth-order valence-electron chi connectivity index (χ4n) is 3.68. The second kappa shape index (κ2) is 10.0. The predicted octanol–water partition coefficient (Wildman–Crippen LogP) is 4.64. The summed E-state index contributed by atoms with van der Waals surface area (Å²) in [5.41, 5.74) is 1.60. The first-order chi connectivity index (χ1) is 15.9. The number of pyridine rings is 1. The number of hydrogen-bond donors (Lipinski definition) is 0. The zero-order valence-electron chi connectivity index (χ0n) is 18.0. The molecular weight excluding hydrogens is 431 g/mol. The van der Waals surface area contributed by atoms with Crippen LogP contribution in [-0.2, 0) is 19.3 Å². The molecular formula is C25H24F3N3O2. The molecule has 0 saturated carbocycles. The van der Waals surface area contributed by atoms with Gasteiger partial charge in [0.2, 0.25) is 0 Å². The molecule has 1 amide bonds. The third-order valence-electron chi connectivity index (χ3n) is 5.56. The van der Waals surface area contributed by atoms with Gasteiger partial charge in [0.05, 0.1) is 11.3 Å². The van der Waals surface area contributed by atoms with Gasteiger partial charge in [0.25, 0.3) is 5.91 Å². The molecule has 0 aliphatic carbocycles. The Labute approximate surface area is 190 Å². The number of aromatic nitrogens is 1. The van der Waals surface area contributed by atoms with Crippen molar-refractivity contribution in [1.82, 2.24) is 14.8 Å². The maximum Gasteiger partial charge on any atom is 0.416 e. The van der Waals surface area contributed by atoms with Crippen LogP contribution in [0.3, 0.4) is 0 Å². The van der Waals surface area contributed by atoms with Crippen molar-refractivity contribution >= 4 is 5.91 Å². The molecule has 172 valence electrons. The molecule has 1 aliphatic heterocycles. The zero-order valence-corrected chi connectivity index (χ0v) is 18.0. The smallest absolute Gasteiger partial charge is 0.416 e. The molecule has 0 radical (unpaired) electrons. The molecule has 1 aromatic heterocycles. The van der Waals surface area contributed by atoms with Crippen LogP contribution in [0.4, 0.5) is 13.2 Å². The van der Waals surface area contributed by atoms with Gasteiger partial charge in [-0.05, 0) is 54.1 Å². The van der Waals surface area contributed by atoms with E-state index in [-0.39, 0.29) is 5.91 Å². The highest BCUT2D eigenvalue weighted by Gasteiger charge is 2.30. The molecule has 3 aromatic rings. The molecule has 1 fully saturated rings. The number of piperazine rings is 1. The Kier molecular flexibility index (Phi) is 6.93. The Hall–Kier alpha value is -3.39. The average molecular weight is 455 g/mol. The molecule has 0 bridgehead atoms. The topological polar surface area (TPSA) is 45.7 Å². The van der Waals surface area contributed by atoms with Crippen LogP contribution in [0.15, 0.2) is 72.9 Å². The number of halogens is 3. The lowest BCUT2D eigenvalue weighted by molar-refractivity contribution is -0.137. The molecule has 33 heavy (non-hydrogen) atoms. The number of hydrogen-bond acceptors (Lipinski definition) is 4. The van der Waals surface area contributed by atoms with Crippen molar-refractivity contribution in [3.63, 3.8) is 0 Å². The maximum atomic E-state index is 12.8. The van der Waals surface area contributed by atoms with Gasteiger partial charge >= 0.3 is 6.18 Å². The lowest BCUT2D eigenvalue weighted by Crippen LogP contribution is -2.48. The van der Waals surface area contributed by atoms with Crippen LogP contribution in [0.25, 0.3) is 0 Å². The number of alkyl halides is 3. The van der Waals surface area contributed by atoms with Crippen molar-refractivity contribution in [3.8, 4) is 5.75 Å². The number of amides is 1. The highest BCUT2D eigenvalue weighted by Crippen LogP contribution is 2.29. The van der Waals surface area contributed by atoms with Gasteiger partial charge in [-0.2, -0.15) is 13.2 Å². The van der Waals surface area contributed by atoms with Gasteiger partial charge < -0.3 is 9.64 Å². The van der Waals surface area contributed by atoms with Gasteiger partial charge in [0, 0.05) is 44.5 Å². The molecule has 1 aliphatic rings. The fraction of sp³-hybridized carbons (Fsp3) is 0.280. The van der Waals surface area contributed by atoms with E-state index in [1.807, 2.05) is 18.2 Å². The Morgan fingerprint density at radius 2 is 1.61 bits per heavy atom. The standard InChI is InChI=1S/C25H24F3N3O2/c26-25(27,28)21-8-4-19(5-9-21)17-30-13-15-31(16-14-30)24(32)20-6-10-23(11-7-20)33-18-22-3-1-2-12-29-22/h1-12H,13-18H2. The largest absolute Gasteiger partial charge is 0.487 e. The van der Waals surface area contributed by atoms with E-state index in [9.17, 15) is 18.0 Å². The maximum absolute atomic E-state index is 12.8. The molecule has 0 spiro atoms. The Balaban J connectivity index is 1.25. The van der Waals surface area contributed by atoms with Gasteiger partial charge in [-0.3, -0.25) is 14.7 Å². The zero-order chi connectivity index (χ0) is 23.3. The van der Waals surface area contributed by atoms with Crippen LogP contribution in [0.5, 0.6) is 5.75 Å². The summed E-state index contributed by atoms with van der Waals surface area (Å²) < 4.78 is 43.8. The van der Waals surface area contributed by atoms with E-state index in [0.717, 1.165) is 23.4 Å². The number of ether oxygens (including phenoxy) is 1. The number of rotatable bonds is 6. The fourth-order valence-corrected chi connectivity index (χ4v) is 3.68. The van der Waals surface area contributed by atoms with E-state index in [2.05, 4.69) is 9.88 Å². The van der Waals surface area contributed by atoms with Crippen molar-refractivity contribution in [3.05, 3.63) is 95.3 Å². The number of carbonyl (C=O) groups excluding carboxylic acids is 1. The van der Waals surface area contributed by atoms with Gasteiger partial charge in [-0.15, -0.1) is 0 Å². The van der Waals surface area contributed by atoms with Crippen molar-refractivity contribution in [2.24, 2.45) is 0 Å². The second-order valence-corrected chi connectivity index (χ2v) is 7.90. The third-order valence-corrected chi connectivity index (χ3v) is 5.56. The first-order valence-corrected chi connectivity index (χ1v) is 10.7. The molecule has 4 rings (SSSR count). The summed E-state index contributed by atoms with van der Waals surface area (Å²) in [7, 11) is 0. The van der Waals surface area contributed by atoms with Gasteiger partial charge in [-0.1, -0.05) is 18.2 Å². The summed E-state index contributed by atoms with van der Waals surface area (Å²) >= 11 is 0. The van der Waals surface area contributed by atoms with Crippen molar-refractivity contribution in [2.75, 3.05) is 26.2 Å². The van der Waals surface area contributed by atoms with E-state index in [1.165, 1.54) is 12.1 Å². The van der Waals surface area contributed by atoms with Crippen LogP contribution in [0, 0.1) is 0 Å². The van der Waals surface area contributed by atoms with Crippen LogP contribution < -0.4 is 4.74 Å². The lowest BCUT2D eigenvalue weighted by atomic mass is 10.1. The predicted molar refractivity (Wildman–Crippen MR) is 118 cm³/mol.